The standard InChI is InChI=1S/C21H24N4O4S/c1-3-28-17-10-15-16(11-18(17)29-4-2)24-21(30)25(20(15)27)9-7-19(26)23-13-14-6-5-8-22-12-14/h5-6,8,10-12H,3-4,7,9,13H2,1-2H3,(H,23,26)(H,24,30). The molecule has 2 heterocycles. The highest BCUT2D eigenvalue weighted by Gasteiger charge is 2.13. The zero-order valence-corrected chi connectivity index (χ0v) is 17.8. The lowest BCUT2D eigenvalue weighted by molar-refractivity contribution is -0.121. The van der Waals surface area contributed by atoms with E-state index in [9.17, 15) is 9.59 Å². The lowest BCUT2D eigenvalue weighted by Gasteiger charge is -2.13. The Balaban J connectivity index is 1.80. The zero-order valence-electron chi connectivity index (χ0n) is 16.9. The summed E-state index contributed by atoms with van der Waals surface area (Å²) in [6.07, 6.45) is 3.49. The first-order chi connectivity index (χ1) is 14.5. The topological polar surface area (TPSA) is 98.2 Å². The lowest BCUT2D eigenvalue weighted by Crippen LogP contribution is -2.28. The Hall–Kier alpha value is -3.20. The van der Waals surface area contributed by atoms with Gasteiger partial charge in [-0.2, -0.15) is 0 Å². The van der Waals surface area contributed by atoms with Crippen molar-refractivity contribution in [2.75, 3.05) is 13.2 Å². The Labute approximate surface area is 178 Å². The number of H-pyrrole nitrogens is 1. The molecule has 0 saturated heterocycles. The molecule has 0 radical (unpaired) electrons. The van der Waals surface area contributed by atoms with Crippen molar-refractivity contribution in [3.63, 3.8) is 0 Å². The highest BCUT2D eigenvalue weighted by molar-refractivity contribution is 7.71. The maximum absolute atomic E-state index is 13.0. The molecule has 0 fully saturated rings. The van der Waals surface area contributed by atoms with Gasteiger partial charge in [0.15, 0.2) is 16.3 Å². The molecule has 0 aliphatic carbocycles. The van der Waals surface area contributed by atoms with Crippen molar-refractivity contribution in [1.29, 1.82) is 0 Å². The minimum absolute atomic E-state index is 0.124. The predicted octanol–water partition coefficient (Wildman–Crippen LogP) is 2.96. The van der Waals surface area contributed by atoms with Gasteiger partial charge in [0.2, 0.25) is 5.91 Å². The van der Waals surface area contributed by atoms with Crippen LogP contribution in [0.2, 0.25) is 0 Å². The minimum atomic E-state index is -0.280. The Morgan fingerprint density at radius 3 is 2.63 bits per heavy atom. The number of amides is 1. The maximum atomic E-state index is 13.0. The smallest absolute Gasteiger partial charge is 0.262 e. The first-order valence-corrected chi connectivity index (χ1v) is 10.2. The van der Waals surface area contributed by atoms with Crippen LogP contribution < -0.4 is 20.3 Å². The van der Waals surface area contributed by atoms with Crippen molar-refractivity contribution in [3.8, 4) is 11.5 Å². The highest BCUT2D eigenvalue weighted by atomic mass is 32.1. The number of carbonyl (C=O) groups is 1. The van der Waals surface area contributed by atoms with E-state index in [2.05, 4.69) is 15.3 Å². The summed E-state index contributed by atoms with van der Waals surface area (Å²) in [5, 5.41) is 3.24. The van der Waals surface area contributed by atoms with E-state index in [-0.39, 0.29) is 29.2 Å². The van der Waals surface area contributed by atoms with E-state index in [1.165, 1.54) is 4.57 Å². The number of nitrogens with zero attached hydrogens (tertiary/aromatic N) is 2. The average molecular weight is 429 g/mol. The van der Waals surface area contributed by atoms with Gasteiger partial charge in [-0.15, -0.1) is 0 Å². The van der Waals surface area contributed by atoms with Crippen molar-refractivity contribution < 1.29 is 14.3 Å². The second kappa shape index (κ2) is 10.0. The third kappa shape index (κ3) is 5.04. The summed E-state index contributed by atoms with van der Waals surface area (Å²) < 4.78 is 12.9. The van der Waals surface area contributed by atoms with Crippen LogP contribution in [0.25, 0.3) is 10.9 Å². The molecular weight excluding hydrogens is 404 g/mol. The molecule has 0 atom stereocenters. The van der Waals surface area contributed by atoms with Crippen LogP contribution in [-0.2, 0) is 17.9 Å². The maximum Gasteiger partial charge on any atom is 0.262 e. The quantitative estimate of drug-likeness (QED) is 0.509. The number of hydrogen-bond donors (Lipinski definition) is 2. The number of benzene rings is 1. The Bertz CT molecular complexity index is 1140. The number of carbonyl (C=O) groups excluding carboxylic acids is 1. The number of fused-ring (bicyclic) bond motifs is 1. The van der Waals surface area contributed by atoms with Crippen LogP contribution in [-0.4, -0.2) is 33.7 Å². The third-order valence-electron chi connectivity index (χ3n) is 4.42. The Morgan fingerprint density at radius 2 is 1.97 bits per heavy atom. The van der Waals surface area contributed by atoms with Crippen molar-refractivity contribution in [2.24, 2.45) is 0 Å². The molecule has 0 unspecified atom stereocenters. The summed E-state index contributed by atoms with van der Waals surface area (Å²) in [6, 6.07) is 7.05. The molecule has 8 nitrogen and oxygen atoms in total. The van der Waals surface area contributed by atoms with Crippen molar-refractivity contribution in [3.05, 3.63) is 57.3 Å². The fourth-order valence-corrected chi connectivity index (χ4v) is 3.29. The molecule has 158 valence electrons. The number of ether oxygens (including phenoxy) is 2. The molecule has 0 aliphatic heterocycles. The molecule has 3 aromatic rings. The third-order valence-corrected chi connectivity index (χ3v) is 4.74. The number of nitrogens with one attached hydrogen (secondary N) is 2. The van der Waals surface area contributed by atoms with Gasteiger partial charge in [-0.3, -0.25) is 19.1 Å². The molecule has 1 aromatic carbocycles. The molecule has 2 N–H and O–H groups in total. The first-order valence-electron chi connectivity index (χ1n) is 9.75. The largest absolute Gasteiger partial charge is 0.490 e. The van der Waals surface area contributed by atoms with E-state index in [1.807, 2.05) is 26.0 Å². The van der Waals surface area contributed by atoms with Crippen molar-refractivity contribution in [1.82, 2.24) is 19.9 Å². The Morgan fingerprint density at radius 1 is 1.23 bits per heavy atom. The van der Waals surface area contributed by atoms with E-state index >= 15 is 0 Å². The molecule has 0 aliphatic rings. The van der Waals surface area contributed by atoms with Gasteiger partial charge < -0.3 is 19.8 Å². The number of pyridine rings is 1. The monoisotopic (exact) mass is 428 g/mol. The molecule has 1 amide bonds. The van der Waals surface area contributed by atoms with E-state index in [0.717, 1.165) is 5.56 Å². The summed E-state index contributed by atoms with van der Waals surface area (Å²) in [7, 11) is 0. The van der Waals surface area contributed by atoms with Gasteiger partial charge in [0.05, 0.1) is 24.1 Å². The molecule has 0 spiro atoms. The van der Waals surface area contributed by atoms with E-state index < -0.39 is 0 Å². The van der Waals surface area contributed by atoms with Crippen molar-refractivity contribution in [2.45, 2.75) is 33.4 Å². The van der Waals surface area contributed by atoms with Crippen LogP contribution in [0.4, 0.5) is 0 Å². The summed E-state index contributed by atoms with van der Waals surface area (Å²) in [6.45, 7) is 5.20. The normalized spacial score (nSPS) is 10.7. The van der Waals surface area contributed by atoms with Gasteiger partial charge in [-0.1, -0.05) is 6.07 Å². The second-order valence-corrected chi connectivity index (χ2v) is 6.87. The fourth-order valence-electron chi connectivity index (χ4n) is 3.01. The molecule has 0 saturated carbocycles. The van der Waals surface area contributed by atoms with Crippen LogP contribution in [0.5, 0.6) is 11.5 Å². The van der Waals surface area contributed by atoms with Gasteiger partial charge in [0, 0.05) is 38.0 Å². The summed E-state index contributed by atoms with van der Waals surface area (Å²) in [4.78, 5) is 32.3. The number of hydrogen-bond acceptors (Lipinski definition) is 6. The van der Waals surface area contributed by atoms with Gasteiger partial charge in [0.1, 0.15) is 0 Å². The molecule has 2 aromatic heterocycles. The zero-order chi connectivity index (χ0) is 21.5. The van der Waals surface area contributed by atoms with Crippen molar-refractivity contribution >= 4 is 29.0 Å². The predicted molar refractivity (Wildman–Crippen MR) is 116 cm³/mol. The van der Waals surface area contributed by atoms with Crippen LogP contribution >= 0.6 is 12.2 Å². The van der Waals surface area contributed by atoms with Crippen LogP contribution in [0.15, 0.2) is 41.5 Å². The summed E-state index contributed by atoms with van der Waals surface area (Å²) in [5.74, 6) is 0.863. The molecule has 3 rings (SSSR count). The van der Waals surface area contributed by atoms with E-state index in [4.69, 9.17) is 21.7 Å². The van der Waals surface area contributed by atoms with Crippen LogP contribution in [0.3, 0.4) is 0 Å². The summed E-state index contributed by atoms with van der Waals surface area (Å²) >= 11 is 5.35. The van der Waals surface area contributed by atoms with E-state index in [0.29, 0.717) is 42.2 Å². The van der Waals surface area contributed by atoms with Crippen LogP contribution in [0.1, 0.15) is 25.8 Å². The molecule has 0 bridgehead atoms. The number of aromatic amines is 1. The van der Waals surface area contributed by atoms with Gasteiger partial charge in [0.25, 0.3) is 5.56 Å². The Kier molecular flexibility index (Phi) is 7.18. The van der Waals surface area contributed by atoms with Gasteiger partial charge in [-0.05, 0) is 43.8 Å². The minimum Gasteiger partial charge on any atom is -0.490 e. The van der Waals surface area contributed by atoms with E-state index in [1.54, 1.807) is 24.5 Å². The lowest BCUT2D eigenvalue weighted by atomic mass is 10.2. The first kappa shape index (κ1) is 21.5. The number of rotatable bonds is 9. The van der Waals surface area contributed by atoms with Crippen LogP contribution in [0, 0.1) is 4.77 Å². The fraction of sp³-hybridized carbons (Fsp3) is 0.333. The average Bonchev–Trinajstić information content (AvgIpc) is 2.74. The SMILES string of the molecule is CCOc1cc2[nH]c(=S)n(CCC(=O)NCc3cccnc3)c(=O)c2cc1OCC. The highest BCUT2D eigenvalue weighted by Crippen LogP contribution is 2.30. The molecule has 9 heteroatoms. The second-order valence-electron chi connectivity index (χ2n) is 6.49. The number of aromatic nitrogens is 3. The summed E-state index contributed by atoms with van der Waals surface area (Å²) in [5.41, 5.74) is 1.19. The molecule has 30 heavy (non-hydrogen) atoms. The van der Waals surface area contributed by atoms with Gasteiger partial charge in [-0.25, -0.2) is 0 Å². The molecular formula is C21H24N4O4S. The van der Waals surface area contributed by atoms with Gasteiger partial charge >= 0.3 is 0 Å².